The van der Waals surface area contributed by atoms with Crippen LogP contribution in [0.2, 0.25) is 25.7 Å². The van der Waals surface area contributed by atoms with Gasteiger partial charge in [-0.15, -0.1) is 0 Å². The summed E-state index contributed by atoms with van der Waals surface area (Å²) < 4.78 is 19.3. The van der Waals surface area contributed by atoms with Gasteiger partial charge in [0, 0.05) is 19.9 Å². The van der Waals surface area contributed by atoms with Crippen LogP contribution in [-0.2, 0) is 22.5 Å². The lowest BCUT2D eigenvalue weighted by Crippen LogP contribution is -2.21. The van der Waals surface area contributed by atoms with Crippen LogP contribution in [0, 0.1) is 0 Å². The summed E-state index contributed by atoms with van der Waals surface area (Å²) in [5, 5.41) is 5.47. The lowest BCUT2D eigenvalue weighted by Gasteiger charge is -2.16. The number of benzene rings is 1. The number of imidazole rings is 1. The van der Waals surface area contributed by atoms with Gasteiger partial charge in [-0.2, -0.15) is 0 Å². The van der Waals surface area contributed by atoms with Crippen LogP contribution in [0.4, 0.5) is 0 Å². The van der Waals surface area contributed by atoms with Crippen LogP contribution < -0.4 is 5.14 Å². The van der Waals surface area contributed by atoms with Gasteiger partial charge < -0.3 is 9.30 Å². The molecule has 0 amide bonds. The van der Waals surface area contributed by atoms with E-state index in [1.54, 1.807) is 0 Å². The number of rotatable bonds is 9. The van der Waals surface area contributed by atoms with Crippen LogP contribution in [0.3, 0.4) is 0 Å². The van der Waals surface area contributed by atoms with Crippen molar-refractivity contribution in [2.75, 3.05) is 6.61 Å². The normalized spacial score (nSPS) is 16.1. The Labute approximate surface area is 154 Å². The van der Waals surface area contributed by atoms with E-state index in [0.29, 0.717) is 12.6 Å². The fourth-order valence-electron chi connectivity index (χ4n) is 2.76. The van der Waals surface area contributed by atoms with Crippen molar-refractivity contribution in [1.29, 1.82) is 0 Å². The molecule has 7 heteroatoms. The van der Waals surface area contributed by atoms with Gasteiger partial charge in [0.05, 0.1) is 28.3 Å². The molecule has 2 unspecified atom stereocenters. The lowest BCUT2D eigenvalue weighted by atomic mass is 9.96. The number of nitrogens with two attached hydrogens (primary N) is 1. The van der Waals surface area contributed by atoms with E-state index >= 15 is 0 Å². The highest BCUT2D eigenvalue weighted by molar-refractivity contribution is 7.83. The molecule has 1 heterocycles. The average Bonchev–Trinajstić information content (AvgIpc) is 2.92. The molecule has 0 aliphatic rings. The van der Waals surface area contributed by atoms with Gasteiger partial charge in [0.15, 0.2) is 0 Å². The highest BCUT2D eigenvalue weighted by Gasteiger charge is 2.15. The summed E-state index contributed by atoms with van der Waals surface area (Å²) in [5.41, 5.74) is 3.26. The van der Waals surface area contributed by atoms with E-state index in [-0.39, 0.29) is 5.25 Å². The second-order valence-electron chi connectivity index (χ2n) is 8.09. The molecule has 1 aromatic heterocycles. The van der Waals surface area contributed by atoms with E-state index in [1.165, 1.54) is 11.6 Å². The van der Waals surface area contributed by atoms with Gasteiger partial charge in [-0.1, -0.05) is 32.6 Å². The number of hydrogen-bond acceptors (Lipinski definition) is 3. The Morgan fingerprint density at radius 3 is 2.68 bits per heavy atom. The van der Waals surface area contributed by atoms with Crippen LogP contribution in [0.1, 0.15) is 31.7 Å². The third kappa shape index (κ3) is 6.02. The topological polar surface area (TPSA) is 70.1 Å². The quantitative estimate of drug-likeness (QED) is 0.530. The zero-order chi connectivity index (χ0) is 18.6. The summed E-state index contributed by atoms with van der Waals surface area (Å²) in [6.07, 6.45) is 2.64. The van der Waals surface area contributed by atoms with E-state index < -0.39 is 19.1 Å². The first-order valence-electron chi connectivity index (χ1n) is 8.85. The number of ether oxygens (including phenoxy) is 1. The van der Waals surface area contributed by atoms with Gasteiger partial charge in [-0.25, -0.2) is 9.19 Å². The number of hydrogen-bond donors (Lipinski definition) is 1. The largest absolute Gasteiger partial charge is 0.361 e. The molecule has 2 N–H and O–H groups in total. The van der Waals surface area contributed by atoms with Gasteiger partial charge >= 0.3 is 0 Å². The van der Waals surface area contributed by atoms with Crippen LogP contribution >= 0.6 is 0 Å². The van der Waals surface area contributed by atoms with Crippen molar-refractivity contribution >= 4 is 30.1 Å². The van der Waals surface area contributed by atoms with Crippen molar-refractivity contribution in [2.45, 2.75) is 63.9 Å². The predicted molar refractivity (Wildman–Crippen MR) is 109 cm³/mol. The molecule has 0 fully saturated rings. The highest BCUT2D eigenvalue weighted by atomic mass is 32.2. The fraction of sp³-hybridized carbons (Fsp3) is 0.611. The second kappa shape index (κ2) is 8.57. The van der Waals surface area contributed by atoms with Gasteiger partial charge in [-0.3, -0.25) is 5.14 Å². The number of aromatic nitrogens is 2. The van der Waals surface area contributed by atoms with Gasteiger partial charge in [0.25, 0.3) is 0 Å². The van der Waals surface area contributed by atoms with E-state index in [0.717, 1.165) is 24.1 Å². The Hall–Kier alpha value is -1.02. The molecule has 0 saturated heterocycles. The third-order valence-corrected chi connectivity index (χ3v) is 7.21. The summed E-state index contributed by atoms with van der Waals surface area (Å²) >= 11 is 0. The maximum atomic E-state index is 11.4. The minimum Gasteiger partial charge on any atom is -0.361 e. The molecule has 140 valence electrons. The van der Waals surface area contributed by atoms with Crippen molar-refractivity contribution in [3.63, 3.8) is 0 Å². The molecule has 25 heavy (non-hydrogen) atoms. The summed E-state index contributed by atoms with van der Waals surface area (Å²) in [6.45, 7) is 12.5. The highest BCUT2D eigenvalue weighted by Crippen LogP contribution is 2.25. The lowest BCUT2D eigenvalue weighted by molar-refractivity contribution is 0.0898. The molecule has 1 aromatic carbocycles. The van der Waals surface area contributed by atoms with Crippen molar-refractivity contribution in [2.24, 2.45) is 5.14 Å². The van der Waals surface area contributed by atoms with Crippen LogP contribution in [-0.4, -0.2) is 33.7 Å². The van der Waals surface area contributed by atoms with Crippen molar-refractivity contribution in [3.8, 4) is 0 Å². The van der Waals surface area contributed by atoms with Crippen molar-refractivity contribution in [1.82, 2.24) is 9.55 Å². The molecule has 0 aliphatic heterocycles. The van der Waals surface area contributed by atoms with Gasteiger partial charge in [-0.05, 0) is 43.0 Å². The zero-order valence-electron chi connectivity index (χ0n) is 16.0. The Morgan fingerprint density at radius 1 is 1.32 bits per heavy atom. The van der Waals surface area contributed by atoms with E-state index in [9.17, 15) is 4.21 Å². The first kappa shape index (κ1) is 20.3. The van der Waals surface area contributed by atoms with E-state index in [1.807, 2.05) is 17.8 Å². The van der Waals surface area contributed by atoms with Crippen LogP contribution in [0.15, 0.2) is 24.5 Å². The number of nitrogens with zero attached hydrogens (tertiary/aromatic N) is 2. The molecule has 0 spiro atoms. The second-order valence-corrected chi connectivity index (χ2v) is 15.2. The first-order valence-corrected chi connectivity index (χ1v) is 13.8. The van der Waals surface area contributed by atoms with Crippen molar-refractivity contribution in [3.05, 3.63) is 30.1 Å². The summed E-state index contributed by atoms with van der Waals surface area (Å²) in [6, 6.07) is 7.51. The van der Waals surface area contributed by atoms with Crippen LogP contribution in [0.5, 0.6) is 0 Å². The molecule has 5 nitrogen and oxygen atoms in total. The summed E-state index contributed by atoms with van der Waals surface area (Å²) in [5.74, 6) is 0.296. The molecule has 3 atom stereocenters. The molecule has 0 radical (unpaired) electrons. The van der Waals surface area contributed by atoms with E-state index in [2.05, 4.69) is 49.7 Å². The summed E-state index contributed by atoms with van der Waals surface area (Å²) in [4.78, 5) is 4.51. The smallest absolute Gasteiger partial charge is 0.124 e. The molecular weight excluding hydrogens is 350 g/mol. The molecule has 0 aliphatic carbocycles. The standard InChI is InChI=1S/C18H31N3O2SSi/c1-14(10-15(2)24(19)22)16-6-7-18-17(11-16)20-12-21(18)13-23-8-9-25(3,4)5/h6-7,11-12,14-15H,8-10,13,19H2,1-5H3/t14-,15?,24?/m1/s1. The Balaban J connectivity index is 2.01. The van der Waals surface area contributed by atoms with Crippen molar-refractivity contribution < 1.29 is 8.95 Å². The van der Waals surface area contributed by atoms with Crippen LogP contribution in [0.25, 0.3) is 11.0 Å². The third-order valence-electron chi connectivity index (χ3n) is 4.52. The fourth-order valence-corrected chi connectivity index (χ4v) is 4.00. The Bertz CT molecular complexity index is 727. The maximum absolute atomic E-state index is 11.4. The molecule has 2 aromatic rings. The molecule has 2 rings (SSSR count). The SMILES string of the molecule is CC(C[C@@H](C)c1ccc2c(c1)ncn2COCC[Si](C)(C)C)S(N)=O. The van der Waals surface area contributed by atoms with E-state index in [4.69, 9.17) is 9.88 Å². The average molecular weight is 382 g/mol. The molecule has 0 bridgehead atoms. The first-order chi connectivity index (χ1) is 11.7. The minimum atomic E-state index is -1.27. The summed E-state index contributed by atoms with van der Waals surface area (Å²) in [7, 11) is -2.33. The maximum Gasteiger partial charge on any atom is 0.124 e. The zero-order valence-corrected chi connectivity index (χ0v) is 17.8. The minimum absolute atomic E-state index is 0.0111. The Kier molecular flexibility index (Phi) is 6.96. The number of fused-ring (bicyclic) bond motifs is 1. The molecule has 0 saturated carbocycles. The Morgan fingerprint density at radius 2 is 2.04 bits per heavy atom. The van der Waals surface area contributed by atoms with Gasteiger partial charge in [0.1, 0.15) is 6.73 Å². The predicted octanol–water partition coefficient (Wildman–Crippen LogP) is 3.85. The molecular formula is C18H31N3O2SSi. The van der Waals surface area contributed by atoms with Gasteiger partial charge in [0.2, 0.25) is 0 Å². The monoisotopic (exact) mass is 381 g/mol.